The average molecular weight is 496 g/mol. The summed E-state index contributed by atoms with van der Waals surface area (Å²) in [7, 11) is 0. The van der Waals surface area contributed by atoms with E-state index >= 15 is 0 Å². The molecule has 1 aliphatic carbocycles. The molecule has 5 nitrogen and oxygen atoms in total. The Hall–Kier alpha value is -0.700. The second-order valence-corrected chi connectivity index (χ2v) is 6.64. The quantitative estimate of drug-likeness (QED) is 0.382. The first-order valence-corrected chi connectivity index (χ1v) is 8.66. The van der Waals surface area contributed by atoms with Crippen molar-refractivity contribution in [2.75, 3.05) is 13.2 Å². The Labute approximate surface area is 162 Å². The van der Waals surface area contributed by atoms with Crippen LogP contribution in [-0.4, -0.2) is 25.2 Å². The van der Waals surface area contributed by atoms with Gasteiger partial charge in [0.15, 0.2) is 17.5 Å². The number of fused-ring (bicyclic) bond motifs is 1. The Kier molecular flexibility index (Phi) is 7.26. The van der Waals surface area contributed by atoms with Crippen molar-refractivity contribution in [2.45, 2.75) is 44.7 Å². The third-order valence-corrected chi connectivity index (χ3v) is 4.63. The van der Waals surface area contributed by atoms with Gasteiger partial charge in [0.2, 0.25) is 0 Å². The molecule has 0 unspecified atom stereocenters. The molecule has 7 heteroatoms. The maximum Gasteiger partial charge on any atom is 0.189 e. The predicted molar refractivity (Wildman–Crippen MR) is 106 cm³/mol. The molecule has 0 atom stereocenters. The number of guanidine groups is 1. The number of nitrogens with one attached hydrogen (secondary N) is 1. The Morgan fingerprint density at radius 2 is 1.96 bits per heavy atom. The van der Waals surface area contributed by atoms with Crippen LogP contribution in [-0.2, 0) is 6.54 Å². The molecule has 0 radical (unpaired) electrons. The molecule has 1 saturated carbocycles. The molecule has 1 fully saturated rings. The minimum atomic E-state index is 0. The van der Waals surface area contributed by atoms with E-state index in [0.717, 1.165) is 21.5 Å². The Morgan fingerprint density at radius 3 is 2.74 bits per heavy atom. The van der Waals surface area contributed by atoms with Crippen molar-refractivity contribution in [3.8, 4) is 11.5 Å². The summed E-state index contributed by atoms with van der Waals surface area (Å²) >= 11 is 3.52. The second kappa shape index (κ2) is 8.96. The van der Waals surface area contributed by atoms with E-state index in [1.807, 2.05) is 12.1 Å². The first kappa shape index (κ1) is 18.6. The van der Waals surface area contributed by atoms with E-state index in [1.54, 1.807) is 0 Å². The topological polar surface area (TPSA) is 68.9 Å². The van der Waals surface area contributed by atoms with Crippen LogP contribution >= 0.6 is 39.9 Å². The zero-order valence-electron chi connectivity index (χ0n) is 13.0. The Morgan fingerprint density at radius 1 is 1.22 bits per heavy atom. The van der Waals surface area contributed by atoms with E-state index in [9.17, 15) is 0 Å². The molecular formula is C16H23BrIN3O2. The van der Waals surface area contributed by atoms with Crippen molar-refractivity contribution in [1.29, 1.82) is 0 Å². The van der Waals surface area contributed by atoms with Gasteiger partial charge in [-0.15, -0.1) is 24.0 Å². The molecule has 2 aliphatic rings. The molecule has 3 N–H and O–H groups in total. The molecule has 1 aliphatic heterocycles. The van der Waals surface area contributed by atoms with Gasteiger partial charge in [0.25, 0.3) is 0 Å². The summed E-state index contributed by atoms with van der Waals surface area (Å²) in [4.78, 5) is 4.44. The van der Waals surface area contributed by atoms with Crippen molar-refractivity contribution >= 4 is 45.9 Å². The Balaban J connectivity index is 0.00000192. The molecule has 0 saturated heterocycles. The summed E-state index contributed by atoms with van der Waals surface area (Å²) in [6, 6.07) is 4.45. The molecule has 0 aromatic heterocycles. The number of halogens is 2. The van der Waals surface area contributed by atoms with Gasteiger partial charge in [0.05, 0.1) is 11.0 Å². The number of aliphatic imine (C=N–C) groups is 1. The van der Waals surface area contributed by atoms with Crippen LogP contribution in [0.3, 0.4) is 0 Å². The molecule has 23 heavy (non-hydrogen) atoms. The van der Waals surface area contributed by atoms with Gasteiger partial charge >= 0.3 is 0 Å². The predicted octanol–water partition coefficient (Wildman–Crippen LogP) is 3.58. The third kappa shape index (κ3) is 5.14. The number of hydrogen-bond acceptors (Lipinski definition) is 3. The number of nitrogens with two attached hydrogens (primary N) is 1. The van der Waals surface area contributed by atoms with E-state index in [2.05, 4.69) is 26.2 Å². The van der Waals surface area contributed by atoms with Gasteiger partial charge in [-0.1, -0.05) is 19.3 Å². The number of nitrogens with zero attached hydrogens (tertiary/aromatic N) is 1. The zero-order chi connectivity index (χ0) is 15.4. The van der Waals surface area contributed by atoms with Crippen molar-refractivity contribution in [1.82, 2.24) is 5.32 Å². The van der Waals surface area contributed by atoms with Crippen molar-refractivity contribution in [3.63, 3.8) is 0 Å². The van der Waals surface area contributed by atoms with Crippen LogP contribution in [0.5, 0.6) is 11.5 Å². The largest absolute Gasteiger partial charge is 0.486 e. The van der Waals surface area contributed by atoms with Crippen LogP contribution in [0.25, 0.3) is 0 Å². The second-order valence-electron chi connectivity index (χ2n) is 5.78. The lowest BCUT2D eigenvalue weighted by Gasteiger charge is -2.23. The number of rotatable bonds is 3. The highest BCUT2D eigenvalue weighted by atomic mass is 127. The smallest absolute Gasteiger partial charge is 0.189 e. The van der Waals surface area contributed by atoms with Crippen LogP contribution < -0.4 is 20.5 Å². The van der Waals surface area contributed by atoms with Gasteiger partial charge in [-0.25, -0.2) is 4.99 Å². The maximum absolute atomic E-state index is 6.00. The van der Waals surface area contributed by atoms with E-state index < -0.39 is 0 Å². The summed E-state index contributed by atoms with van der Waals surface area (Å²) in [5, 5.41) is 3.33. The fraction of sp³-hybridized carbons (Fsp3) is 0.562. The molecule has 1 aromatic carbocycles. The van der Waals surface area contributed by atoms with Gasteiger partial charge in [-0.2, -0.15) is 0 Å². The number of ether oxygens (including phenoxy) is 2. The molecule has 1 aromatic rings. The van der Waals surface area contributed by atoms with Crippen LogP contribution in [0.1, 0.15) is 37.7 Å². The third-order valence-electron chi connectivity index (χ3n) is 4.05. The van der Waals surface area contributed by atoms with Gasteiger partial charge < -0.3 is 20.5 Å². The number of benzene rings is 1. The van der Waals surface area contributed by atoms with E-state index in [-0.39, 0.29) is 24.0 Å². The van der Waals surface area contributed by atoms with Crippen LogP contribution in [0.15, 0.2) is 21.6 Å². The molecule has 0 bridgehead atoms. The highest BCUT2D eigenvalue weighted by Gasteiger charge is 2.16. The van der Waals surface area contributed by atoms with Gasteiger partial charge in [-0.05, 0) is 46.5 Å². The maximum atomic E-state index is 6.00. The van der Waals surface area contributed by atoms with Crippen LogP contribution in [0.2, 0.25) is 0 Å². The highest BCUT2D eigenvalue weighted by molar-refractivity contribution is 14.0. The fourth-order valence-corrected chi connectivity index (χ4v) is 3.54. The number of hydrogen-bond donors (Lipinski definition) is 2. The van der Waals surface area contributed by atoms with Crippen molar-refractivity contribution in [3.05, 3.63) is 22.2 Å². The summed E-state index contributed by atoms with van der Waals surface area (Å²) in [5.41, 5.74) is 7.05. The van der Waals surface area contributed by atoms with E-state index in [1.165, 1.54) is 32.1 Å². The molecule has 3 rings (SSSR count). The van der Waals surface area contributed by atoms with Gasteiger partial charge in [-0.3, -0.25) is 0 Å². The van der Waals surface area contributed by atoms with Crippen molar-refractivity contribution in [2.24, 2.45) is 10.7 Å². The summed E-state index contributed by atoms with van der Waals surface area (Å²) < 4.78 is 12.1. The lowest BCUT2D eigenvalue weighted by molar-refractivity contribution is 0.170. The van der Waals surface area contributed by atoms with E-state index in [0.29, 0.717) is 31.8 Å². The first-order valence-electron chi connectivity index (χ1n) is 7.87. The van der Waals surface area contributed by atoms with E-state index in [4.69, 9.17) is 15.2 Å². The average Bonchev–Trinajstić information content (AvgIpc) is 2.54. The van der Waals surface area contributed by atoms with Gasteiger partial charge in [0, 0.05) is 6.04 Å². The first-order chi connectivity index (χ1) is 10.7. The highest BCUT2D eigenvalue weighted by Crippen LogP contribution is 2.38. The zero-order valence-corrected chi connectivity index (χ0v) is 16.9. The molecule has 0 amide bonds. The molecule has 0 spiro atoms. The van der Waals surface area contributed by atoms with Gasteiger partial charge in [0.1, 0.15) is 13.2 Å². The molecular weight excluding hydrogens is 473 g/mol. The SMILES string of the molecule is I.NC(=NCc1cc(Br)c2c(c1)OCCO2)NC1CCCCC1. The molecule has 128 valence electrons. The minimum Gasteiger partial charge on any atom is -0.486 e. The monoisotopic (exact) mass is 495 g/mol. The molecule has 1 heterocycles. The summed E-state index contributed by atoms with van der Waals surface area (Å²) in [6.07, 6.45) is 6.26. The lowest BCUT2D eigenvalue weighted by Crippen LogP contribution is -2.41. The fourth-order valence-electron chi connectivity index (χ4n) is 2.93. The summed E-state index contributed by atoms with van der Waals surface area (Å²) in [5.74, 6) is 2.06. The summed E-state index contributed by atoms with van der Waals surface area (Å²) in [6.45, 7) is 1.69. The minimum absolute atomic E-state index is 0. The Bertz CT molecular complexity index is 563. The van der Waals surface area contributed by atoms with Crippen molar-refractivity contribution < 1.29 is 9.47 Å². The lowest BCUT2D eigenvalue weighted by atomic mass is 9.96. The standard InChI is InChI=1S/C16H22BrN3O2.HI/c17-13-8-11(9-14-15(13)22-7-6-21-14)10-19-16(18)20-12-4-2-1-3-5-12;/h8-9,12H,1-7,10H2,(H3,18,19,20);1H. The normalized spacial score (nSPS) is 18.2. The van der Waals surface area contributed by atoms with Crippen LogP contribution in [0, 0.1) is 0 Å². The van der Waals surface area contributed by atoms with Crippen LogP contribution in [0.4, 0.5) is 0 Å².